The van der Waals surface area contributed by atoms with Gasteiger partial charge in [0.2, 0.25) is 0 Å². The van der Waals surface area contributed by atoms with Crippen LogP contribution in [-0.2, 0) is 0 Å². The minimum absolute atomic E-state index is 0. The van der Waals surface area contributed by atoms with Crippen LogP contribution >= 0.6 is 0 Å². The highest BCUT2D eigenvalue weighted by atomic mass is 79.9. The third-order valence-electron chi connectivity index (χ3n) is 7.21. The first kappa shape index (κ1) is 44.4. The molecule has 37 heavy (non-hydrogen) atoms. The molecule has 0 heterocycles. The van der Waals surface area contributed by atoms with Gasteiger partial charge < -0.3 is 33.6 Å². The third kappa shape index (κ3) is 53.4. The summed E-state index contributed by atoms with van der Waals surface area (Å²) in [7, 11) is 0.750. The number of rotatable bonds is 28. The summed E-state index contributed by atoms with van der Waals surface area (Å²) in [6.45, 7) is 6.82. The molecule has 0 saturated carbocycles. The van der Waals surface area contributed by atoms with Gasteiger partial charge in [0.1, 0.15) is 0 Å². The smallest absolute Gasteiger partial charge is 0.0739 e. The van der Waals surface area contributed by atoms with Gasteiger partial charge in [-0.2, -0.15) is 7.11 Å². The van der Waals surface area contributed by atoms with Gasteiger partial charge in [-0.1, -0.05) is 168 Å². The first-order valence-electron chi connectivity index (χ1n) is 16.8. The Labute approximate surface area is 246 Å². The quantitative estimate of drug-likeness (QED) is 0.117. The zero-order chi connectivity index (χ0) is 27.2. The van der Waals surface area contributed by atoms with E-state index in [1.54, 1.807) is 0 Å². The summed E-state index contributed by atoms with van der Waals surface area (Å²) < 4.78 is 0. The Morgan fingerprint density at radius 1 is 0.297 bits per heavy atom. The second-order valence-corrected chi connectivity index (χ2v) is 10.9. The maximum atomic E-state index is 8.25. The molecule has 0 aromatic heterocycles. The summed E-state index contributed by atoms with van der Waals surface area (Å²) in [6, 6.07) is 0. The molecular weight excluding hydrogens is 520 g/mol. The van der Waals surface area contributed by atoms with Crippen LogP contribution in [0.25, 0.3) is 0 Å². The number of halogens is 1. The fourth-order valence-electron chi connectivity index (χ4n) is 4.74. The predicted molar refractivity (Wildman–Crippen MR) is 162 cm³/mol. The van der Waals surface area contributed by atoms with Crippen molar-refractivity contribution < 1.29 is 33.6 Å². The number of hydrogen-bond acceptors (Lipinski definition) is 1. The molecule has 4 heteroatoms. The second kappa shape index (κ2) is 49.3. The van der Waals surface area contributed by atoms with Crippen molar-refractivity contribution in [3.05, 3.63) is 0 Å². The van der Waals surface area contributed by atoms with Crippen LogP contribution in [0.3, 0.4) is 0 Å². The molecule has 3 nitrogen and oxygen atoms in total. The Kier molecular flexibility index (Phi) is 59.2. The molecule has 0 bridgehead atoms. The maximum Gasteiger partial charge on any atom is 0.0739 e. The monoisotopic (exact) mass is 595 g/mol. The SMILES string of the molecule is CCCCCCCCCCCCCCCC[NH3+].CCCCCCCCCCCCCCCC[NH3+].C[O-].[Br-]. The topological polar surface area (TPSA) is 78.3 Å². The minimum Gasteiger partial charge on any atom is -1.00 e. The summed E-state index contributed by atoms with van der Waals surface area (Å²) in [5.74, 6) is 0. The van der Waals surface area contributed by atoms with Gasteiger partial charge in [-0.05, 0) is 25.7 Å². The van der Waals surface area contributed by atoms with Gasteiger partial charge in [-0.15, -0.1) is 0 Å². The number of hydrogen-bond donors (Lipinski definition) is 2. The van der Waals surface area contributed by atoms with Crippen molar-refractivity contribution in [3.63, 3.8) is 0 Å². The molecule has 0 unspecified atom stereocenters. The van der Waals surface area contributed by atoms with E-state index in [9.17, 15) is 0 Å². The standard InChI is InChI=1S/2C16H35N.CH3O.BrH/c2*1-2-3-4-5-6-7-8-9-10-11-12-13-14-15-16-17;1-2;/h2*2-17H2,1H3;1H3;1H/q;;-1;/p+1. The van der Waals surface area contributed by atoms with Gasteiger partial charge in [-0.25, -0.2) is 0 Å². The van der Waals surface area contributed by atoms with Gasteiger partial charge >= 0.3 is 0 Å². The highest BCUT2D eigenvalue weighted by Gasteiger charge is 1.95. The molecule has 0 aromatic rings. The Morgan fingerprint density at radius 3 is 0.568 bits per heavy atom. The molecule has 0 aliphatic heterocycles. The molecule has 230 valence electrons. The molecule has 0 aromatic carbocycles. The van der Waals surface area contributed by atoms with Crippen molar-refractivity contribution in [1.29, 1.82) is 0 Å². The molecule has 0 fully saturated rings. The lowest BCUT2D eigenvalue weighted by Crippen LogP contribution is -3.00. The lowest BCUT2D eigenvalue weighted by molar-refractivity contribution is -0.368. The van der Waals surface area contributed by atoms with E-state index >= 15 is 0 Å². The molecular formula is C33H75BrN2O. The van der Waals surface area contributed by atoms with Crippen LogP contribution < -0.4 is 33.6 Å². The Bertz CT molecular complexity index is 261. The van der Waals surface area contributed by atoms with E-state index in [0.717, 1.165) is 20.2 Å². The van der Waals surface area contributed by atoms with E-state index < -0.39 is 0 Å². The molecule has 0 saturated heterocycles. The fraction of sp³-hybridized carbons (Fsp3) is 1.00. The van der Waals surface area contributed by atoms with Crippen LogP contribution in [0.15, 0.2) is 0 Å². The normalized spacial score (nSPS) is 10.2. The average Bonchev–Trinajstić information content (AvgIpc) is 2.91. The van der Waals surface area contributed by atoms with Gasteiger partial charge in [-0.3, -0.25) is 0 Å². The molecule has 0 radical (unpaired) electrons. The summed E-state index contributed by atoms with van der Waals surface area (Å²) in [5.41, 5.74) is 7.76. The first-order valence-corrected chi connectivity index (χ1v) is 16.8. The van der Waals surface area contributed by atoms with Crippen molar-refractivity contribution in [2.45, 2.75) is 194 Å². The Balaban J connectivity index is -0.000000269. The third-order valence-corrected chi connectivity index (χ3v) is 7.21. The molecule has 0 spiro atoms. The molecule has 0 aliphatic carbocycles. The minimum atomic E-state index is 0. The van der Waals surface area contributed by atoms with E-state index in [-0.39, 0.29) is 17.0 Å². The lowest BCUT2D eigenvalue weighted by Gasteiger charge is -2.02. The van der Waals surface area contributed by atoms with Gasteiger partial charge in [0.15, 0.2) is 0 Å². The van der Waals surface area contributed by atoms with Gasteiger partial charge in [0.05, 0.1) is 13.1 Å². The maximum absolute atomic E-state index is 8.25. The van der Waals surface area contributed by atoms with Crippen molar-refractivity contribution >= 4 is 0 Å². The van der Waals surface area contributed by atoms with Crippen molar-refractivity contribution in [2.24, 2.45) is 0 Å². The summed E-state index contributed by atoms with van der Waals surface area (Å²) in [4.78, 5) is 0. The lowest BCUT2D eigenvalue weighted by atomic mass is 10.0. The van der Waals surface area contributed by atoms with Crippen LogP contribution in [-0.4, -0.2) is 20.2 Å². The van der Waals surface area contributed by atoms with Crippen LogP contribution in [0.2, 0.25) is 0 Å². The van der Waals surface area contributed by atoms with Crippen LogP contribution in [0.4, 0.5) is 0 Å². The highest BCUT2D eigenvalue weighted by Crippen LogP contribution is 2.13. The largest absolute Gasteiger partial charge is 1.00 e. The van der Waals surface area contributed by atoms with E-state index in [4.69, 9.17) is 5.11 Å². The van der Waals surface area contributed by atoms with Crippen molar-refractivity contribution in [1.82, 2.24) is 0 Å². The van der Waals surface area contributed by atoms with Gasteiger partial charge in [0.25, 0.3) is 0 Å². The van der Waals surface area contributed by atoms with Gasteiger partial charge in [0, 0.05) is 0 Å². The Morgan fingerprint density at radius 2 is 0.432 bits per heavy atom. The summed E-state index contributed by atoms with van der Waals surface area (Å²) in [5, 5.41) is 8.25. The highest BCUT2D eigenvalue weighted by molar-refractivity contribution is 4.50. The zero-order valence-electron chi connectivity index (χ0n) is 26.4. The molecule has 6 N–H and O–H groups in total. The molecule has 0 rings (SSSR count). The second-order valence-electron chi connectivity index (χ2n) is 10.9. The number of quaternary nitrogens is 2. The molecule has 0 aliphatic rings. The zero-order valence-corrected chi connectivity index (χ0v) is 28.0. The van der Waals surface area contributed by atoms with E-state index in [0.29, 0.717) is 0 Å². The Hall–Kier alpha value is 0.360. The van der Waals surface area contributed by atoms with Crippen molar-refractivity contribution in [3.8, 4) is 0 Å². The molecule has 0 atom stereocenters. The van der Waals surface area contributed by atoms with E-state index in [2.05, 4.69) is 25.3 Å². The summed E-state index contributed by atoms with van der Waals surface area (Å²) >= 11 is 0. The van der Waals surface area contributed by atoms with Crippen LogP contribution in [0.5, 0.6) is 0 Å². The van der Waals surface area contributed by atoms with E-state index in [1.165, 1.54) is 180 Å². The summed E-state index contributed by atoms with van der Waals surface area (Å²) in [6.07, 6.45) is 40.4. The predicted octanol–water partition coefficient (Wildman–Crippen LogP) is 5.40. The van der Waals surface area contributed by atoms with Crippen LogP contribution in [0.1, 0.15) is 194 Å². The fourth-order valence-corrected chi connectivity index (χ4v) is 4.74. The average molecular weight is 596 g/mol. The molecule has 0 amide bonds. The number of unbranched alkanes of at least 4 members (excludes halogenated alkanes) is 26. The first-order chi connectivity index (χ1) is 17.8. The van der Waals surface area contributed by atoms with Crippen LogP contribution in [0, 0.1) is 0 Å². The van der Waals surface area contributed by atoms with E-state index in [1.807, 2.05) is 0 Å². The van der Waals surface area contributed by atoms with Crippen molar-refractivity contribution in [2.75, 3.05) is 20.2 Å².